The summed E-state index contributed by atoms with van der Waals surface area (Å²) in [6.45, 7) is 6.41. The fourth-order valence-corrected chi connectivity index (χ4v) is 1.11. The van der Waals surface area contributed by atoms with Crippen molar-refractivity contribution in [1.82, 2.24) is 9.97 Å². The van der Waals surface area contributed by atoms with E-state index >= 15 is 0 Å². The fourth-order valence-electron chi connectivity index (χ4n) is 1.00. The van der Waals surface area contributed by atoms with Crippen LogP contribution in [0.25, 0.3) is 5.57 Å². The summed E-state index contributed by atoms with van der Waals surface area (Å²) in [4.78, 5) is 16.8. The topological polar surface area (TPSA) is 66.0 Å². The van der Waals surface area contributed by atoms with Gasteiger partial charge >= 0.3 is 0 Å². The van der Waals surface area contributed by atoms with E-state index in [2.05, 4.69) is 23.1 Å². The van der Waals surface area contributed by atoms with Gasteiger partial charge in [-0.15, -0.1) is 0 Å². The molecule has 6 heteroatoms. The van der Waals surface area contributed by atoms with E-state index in [1.165, 1.54) is 0 Å². The quantitative estimate of drug-likeness (QED) is 0.798. The predicted octanol–water partition coefficient (Wildman–Crippen LogP) is 2.09. The number of halogens is 2. The fraction of sp³-hybridized carbons (Fsp3) is 0. The second kappa shape index (κ2) is 4.76. The van der Waals surface area contributed by atoms with E-state index < -0.39 is 17.3 Å². The van der Waals surface area contributed by atoms with Gasteiger partial charge in [0.2, 0.25) is 5.88 Å². The summed E-state index contributed by atoms with van der Waals surface area (Å²) in [6.07, 6.45) is 1.14. The third kappa shape index (κ3) is 3.06. The SMILES string of the molecule is C=C(Cl)/C=C(\C(=C)F)c1nc(O)cc(=O)[nH]1. The Morgan fingerprint density at radius 2 is 2.25 bits per heavy atom. The van der Waals surface area contributed by atoms with Gasteiger partial charge in [-0.25, -0.2) is 4.39 Å². The van der Waals surface area contributed by atoms with Gasteiger partial charge in [-0.2, -0.15) is 4.98 Å². The first-order valence-electron chi connectivity index (χ1n) is 4.11. The Balaban J connectivity index is 3.38. The summed E-state index contributed by atoms with van der Waals surface area (Å²) in [5, 5.41) is 9.13. The first kappa shape index (κ1) is 12.2. The number of aromatic hydroxyl groups is 1. The molecule has 0 saturated heterocycles. The van der Waals surface area contributed by atoms with Gasteiger partial charge in [0.25, 0.3) is 5.56 Å². The molecule has 0 aliphatic heterocycles. The molecular formula is C10H8ClFN2O2. The van der Waals surface area contributed by atoms with E-state index in [1.807, 2.05) is 0 Å². The lowest BCUT2D eigenvalue weighted by molar-refractivity contribution is 0.450. The molecule has 2 N–H and O–H groups in total. The number of H-pyrrole nitrogens is 1. The summed E-state index contributed by atoms with van der Waals surface area (Å²) in [7, 11) is 0. The maximum absolute atomic E-state index is 13.1. The molecule has 0 aliphatic rings. The van der Waals surface area contributed by atoms with Crippen LogP contribution in [0.5, 0.6) is 5.88 Å². The highest BCUT2D eigenvalue weighted by molar-refractivity contribution is 6.31. The van der Waals surface area contributed by atoms with E-state index in [-0.39, 0.29) is 16.4 Å². The van der Waals surface area contributed by atoms with Crippen LogP contribution in [-0.4, -0.2) is 15.1 Å². The third-order valence-corrected chi connectivity index (χ3v) is 1.69. The van der Waals surface area contributed by atoms with Crippen LogP contribution in [0, 0.1) is 0 Å². The van der Waals surface area contributed by atoms with Gasteiger partial charge < -0.3 is 10.1 Å². The Morgan fingerprint density at radius 1 is 1.62 bits per heavy atom. The Bertz CT molecular complexity index is 534. The van der Waals surface area contributed by atoms with Crippen molar-refractivity contribution in [3.05, 3.63) is 52.3 Å². The summed E-state index contributed by atoms with van der Waals surface area (Å²) < 4.78 is 13.1. The second-order valence-corrected chi connectivity index (χ2v) is 3.35. The number of aromatic nitrogens is 2. The number of rotatable bonds is 3. The second-order valence-electron chi connectivity index (χ2n) is 2.86. The molecule has 84 valence electrons. The highest BCUT2D eigenvalue weighted by Gasteiger charge is 2.10. The van der Waals surface area contributed by atoms with Crippen molar-refractivity contribution in [2.75, 3.05) is 0 Å². The van der Waals surface area contributed by atoms with Crippen molar-refractivity contribution in [1.29, 1.82) is 0 Å². The van der Waals surface area contributed by atoms with Crippen LogP contribution in [-0.2, 0) is 0 Å². The minimum absolute atomic E-state index is 0.0415. The third-order valence-electron chi connectivity index (χ3n) is 1.58. The van der Waals surface area contributed by atoms with Crippen LogP contribution in [0.1, 0.15) is 5.82 Å². The predicted molar refractivity (Wildman–Crippen MR) is 59.7 cm³/mol. The lowest BCUT2D eigenvalue weighted by Crippen LogP contribution is -2.09. The zero-order chi connectivity index (χ0) is 12.3. The average Bonchev–Trinajstić information content (AvgIpc) is 2.11. The molecule has 0 unspecified atom stereocenters. The van der Waals surface area contributed by atoms with Crippen molar-refractivity contribution < 1.29 is 9.50 Å². The van der Waals surface area contributed by atoms with Crippen molar-refractivity contribution >= 4 is 17.2 Å². The number of hydrogen-bond acceptors (Lipinski definition) is 3. The molecule has 0 bridgehead atoms. The van der Waals surface area contributed by atoms with Crippen LogP contribution in [0.4, 0.5) is 4.39 Å². The van der Waals surface area contributed by atoms with Gasteiger partial charge in [-0.1, -0.05) is 24.8 Å². The molecule has 4 nitrogen and oxygen atoms in total. The number of hydrogen-bond donors (Lipinski definition) is 2. The van der Waals surface area contributed by atoms with E-state index in [4.69, 9.17) is 16.7 Å². The maximum atomic E-state index is 13.1. The molecule has 0 amide bonds. The minimum atomic E-state index is -0.851. The number of aromatic amines is 1. The number of nitrogens with one attached hydrogen (secondary N) is 1. The zero-order valence-corrected chi connectivity index (χ0v) is 8.88. The van der Waals surface area contributed by atoms with Crippen LogP contribution in [0.3, 0.4) is 0 Å². The summed E-state index contributed by atoms with van der Waals surface area (Å²) >= 11 is 5.49. The zero-order valence-electron chi connectivity index (χ0n) is 8.13. The average molecular weight is 243 g/mol. The van der Waals surface area contributed by atoms with Crippen molar-refractivity contribution in [3.63, 3.8) is 0 Å². The molecule has 16 heavy (non-hydrogen) atoms. The lowest BCUT2D eigenvalue weighted by Gasteiger charge is -2.03. The first-order chi connectivity index (χ1) is 7.40. The van der Waals surface area contributed by atoms with Crippen LogP contribution in [0.15, 0.2) is 41.0 Å². The van der Waals surface area contributed by atoms with E-state index in [9.17, 15) is 9.18 Å². The van der Waals surface area contributed by atoms with Crippen LogP contribution >= 0.6 is 11.6 Å². The van der Waals surface area contributed by atoms with Crippen molar-refractivity contribution in [3.8, 4) is 5.88 Å². The van der Waals surface area contributed by atoms with E-state index in [1.54, 1.807) is 0 Å². The molecule has 0 radical (unpaired) electrons. The Hall–Kier alpha value is -1.88. The summed E-state index contributed by atoms with van der Waals surface area (Å²) in [6, 6.07) is 0.859. The summed E-state index contributed by atoms with van der Waals surface area (Å²) in [5.74, 6) is -1.54. The van der Waals surface area contributed by atoms with Gasteiger partial charge in [-0.3, -0.25) is 4.79 Å². The number of allylic oxidation sites excluding steroid dienone is 4. The largest absolute Gasteiger partial charge is 0.493 e. The van der Waals surface area contributed by atoms with Crippen LogP contribution < -0.4 is 5.56 Å². The Kier molecular flexibility index (Phi) is 3.63. The minimum Gasteiger partial charge on any atom is -0.493 e. The molecular weight excluding hydrogens is 235 g/mol. The molecule has 0 saturated carbocycles. The normalized spacial score (nSPS) is 11.2. The molecule has 0 aromatic carbocycles. The van der Waals surface area contributed by atoms with E-state index in [0.717, 1.165) is 12.1 Å². The lowest BCUT2D eigenvalue weighted by atomic mass is 10.2. The van der Waals surface area contributed by atoms with Crippen molar-refractivity contribution in [2.45, 2.75) is 0 Å². The first-order valence-corrected chi connectivity index (χ1v) is 4.49. The monoisotopic (exact) mass is 242 g/mol. The molecule has 1 aromatic heterocycles. The van der Waals surface area contributed by atoms with Gasteiger partial charge in [0, 0.05) is 5.03 Å². The van der Waals surface area contributed by atoms with E-state index in [0.29, 0.717) is 0 Å². The highest BCUT2D eigenvalue weighted by Crippen LogP contribution is 2.22. The molecule has 0 fully saturated rings. The van der Waals surface area contributed by atoms with Gasteiger partial charge in [-0.05, 0) is 6.08 Å². The molecule has 1 rings (SSSR count). The molecule has 0 atom stereocenters. The Morgan fingerprint density at radius 3 is 2.69 bits per heavy atom. The molecule has 1 aromatic rings. The van der Waals surface area contributed by atoms with Gasteiger partial charge in [0.15, 0.2) is 0 Å². The molecule has 1 heterocycles. The van der Waals surface area contributed by atoms with Crippen LogP contribution in [0.2, 0.25) is 0 Å². The highest BCUT2D eigenvalue weighted by atomic mass is 35.5. The standard InChI is InChI=1S/C10H8ClFN2O2/c1-5(11)3-7(6(2)12)10-13-8(15)4-9(16)14-10/h3-4H,1-2H2,(H2,13,14,15,16)/b7-3+. The summed E-state index contributed by atoms with van der Waals surface area (Å²) in [5.41, 5.74) is -0.761. The number of nitrogens with zero attached hydrogens (tertiary/aromatic N) is 1. The van der Waals surface area contributed by atoms with Gasteiger partial charge in [0.05, 0.1) is 11.6 Å². The molecule has 0 spiro atoms. The van der Waals surface area contributed by atoms with Gasteiger partial charge in [0.1, 0.15) is 11.7 Å². The molecule has 0 aliphatic carbocycles. The smallest absolute Gasteiger partial charge is 0.254 e. The Labute approximate surface area is 95.4 Å². The van der Waals surface area contributed by atoms with Crippen molar-refractivity contribution in [2.24, 2.45) is 0 Å². The maximum Gasteiger partial charge on any atom is 0.254 e.